The second-order valence-electron chi connectivity index (χ2n) is 7.42. The second-order valence-corrected chi connectivity index (χ2v) is 7.42. The minimum absolute atomic E-state index is 0.333. The van der Waals surface area contributed by atoms with Crippen molar-refractivity contribution in [3.05, 3.63) is 78.5 Å². The van der Waals surface area contributed by atoms with E-state index in [4.69, 9.17) is 14.2 Å². The van der Waals surface area contributed by atoms with Crippen molar-refractivity contribution >= 4 is 0 Å². The molecule has 2 aromatic carbocycles. The summed E-state index contributed by atoms with van der Waals surface area (Å²) in [5.74, 6) is 1.31. The lowest BCUT2D eigenvalue weighted by Gasteiger charge is -2.08. The Hall–Kier alpha value is -3.71. The number of hydrogen-bond acceptors (Lipinski definition) is 6. The van der Waals surface area contributed by atoms with Crippen LogP contribution in [0.25, 0.3) is 22.5 Å². The molecule has 7 nitrogen and oxygen atoms in total. The Morgan fingerprint density at radius 3 is 2.27 bits per heavy atom. The monoisotopic (exact) mass is 444 g/mol. The van der Waals surface area contributed by atoms with Gasteiger partial charge in [-0.05, 0) is 30.5 Å². The first-order chi connectivity index (χ1) is 16.3. The standard InChI is InChI=1S/C26H28N4O3/c1-3-16-31-19-30-25(28-26(29-30)32-4-2)22-12-10-21(11-13-22)23-14-15-24(27-17-23)33-18-20-8-6-5-7-9-20/h5-15,17H,3-4,16,18-19H2,1-2H3. The summed E-state index contributed by atoms with van der Waals surface area (Å²) >= 11 is 0. The van der Waals surface area contributed by atoms with Crippen LogP contribution in [0.3, 0.4) is 0 Å². The molecule has 0 amide bonds. The van der Waals surface area contributed by atoms with Gasteiger partial charge in [-0.15, -0.1) is 5.10 Å². The van der Waals surface area contributed by atoms with Gasteiger partial charge in [0, 0.05) is 30.0 Å². The summed E-state index contributed by atoms with van der Waals surface area (Å²) in [5, 5.41) is 4.41. The van der Waals surface area contributed by atoms with Crippen LogP contribution in [0.2, 0.25) is 0 Å². The molecule has 0 N–H and O–H groups in total. The van der Waals surface area contributed by atoms with Gasteiger partial charge in [-0.25, -0.2) is 9.67 Å². The molecule has 0 spiro atoms. The van der Waals surface area contributed by atoms with Gasteiger partial charge in [0.2, 0.25) is 5.88 Å². The molecular weight excluding hydrogens is 416 g/mol. The lowest BCUT2D eigenvalue weighted by atomic mass is 10.1. The zero-order chi connectivity index (χ0) is 22.9. The third kappa shape index (κ3) is 5.96. The van der Waals surface area contributed by atoms with Crippen molar-refractivity contribution in [1.29, 1.82) is 0 Å². The lowest BCUT2D eigenvalue weighted by molar-refractivity contribution is 0.0694. The molecule has 2 heterocycles. The molecular formula is C26H28N4O3. The minimum atomic E-state index is 0.333. The predicted molar refractivity (Wildman–Crippen MR) is 127 cm³/mol. The molecule has 4 rings (SSSR count). The van der Waals surface area contributed by atoms with Crippen molar-refractivity contribution in [1.82, 2.24) is 19.7 Å². The van der Waals surface area contributed by atoms with Crippen LogP contribution in [0.4, 0.5) is 0 Å². The van der Waals surface area contributed by atoms with E-state index < -0.39 is 0 Å². The molecule has 7 heteroatoms. The maximum atomic E-state index is 5.78. The van der Waals surface area contributed by atoms with Gasteiger partial charge in [-0.1, -0.05) is 61.5 Å². The molecule has 0 bridgehead atoms. The number of rotatable bonds is 11. The van der Waals surface area contributed by atoms with Crippen molar-refractivity contribution in [2.24, 2.45) is 0 Å². The van der Waals surface area contributed by atoms with E-state index in [-0.39, 0.29) is 0 Å². The molecule has 0 saturated carbocycles. The SMILES string of the molecule is CCCOCn1nc(OCC)nc1-c1ccc(-c2ccc(OCc3ccccc3)nc2)cc1. The smallest absolute Gasteiger partial charge is 0.336 e. The Labute approximate surface area is 194 Å². The van der Waals surface area contributed by atoms with E-state index in [0.717, 1.165) is 28.7 Å². The van der Waals surface area contributed by atoms with Crippen molar-refractivity contribution in [3.8, 4) is 34.4 Å². The van der Waals surface area contributed by atoms with Crippen LogP contribution >= 0.6 is 0 Å². The molecule has 0 aliphatic carbocycles. The molecule has 0 aliphatic rings. The Morgan fingerprint density at radius 2 is 1.58 bits per heavy atom. The van der Waals surface area contributed by atoms with E-state index >= 15 is 0 Å². The maximum Gasteiger partial charge on any atom is 0.336 e. The highest BCUT2D eigenvalue weighted by atomic mass is 16.5. The molecule has 0 saturated heterocycles. The lowest BCUT2D eigenvalue weighted by Crippen LogP contribution is -2.07. The first-order valence-corrected chi connectivity index (χ1v) is 11.2. The fourth-order valence-corrected chi connectivity index (χ4v) is 3.29. The van der Waals surface area contributed by atoms with E-state index in [1.807, 2.05) is 79.9 Å². The molecule has 33 heavy (non-hydrogen) atoms. The fourth-order valence-electron chi connectivity index (χ4n) is 3.29. The fraction of sp³-hybridized carbons (Fsp3) is 0.269. The molecule has 0 unspecified atom stereocenters. The molecule has 0 fully saturated rings. The maximum absolute atomic E-state index is 5.78. The largest absolute Gasteiger partial charge is 0.473 e. The van der Waals surface area contributed by atoms with E-state index in [0.29, 0.717) is 44.3 Å². The van der Waals surface area contributed by atoms with Crippen molar-refractivity contribution < 1.29 is 14.2 Å². The summed E-state index contributed by atoms with van der Waals surface area (Å²) in [6.45, 7) is 5.99. The second kappa shape index (κ2) is 11.2. The number of pyridine rings is 1. The van der Waals surface area contributed by atoms with E-state index in [1.54, 1.807) is 4.68 Å². The van der Waals surface area contributed by atoms with Crippen LogP contribution in [-0.4, -0.2) is 33.0 Å². The molecule has 0 atom stereocenters. The Kier molecular flexibility index (Phi) is 7.66. The van der Waals surface area contributed by atoms with Gasteiger partial charge in [0.25, 0.3) is 0 Å². The van der Waals surface area contributed by atoms with Gasteiger partial charge in [-0.3, -0.25) is 0 Å². The van der Waals surface area contributed by atoms with Crippen LogP contribution in [-0.2, 0) is 18.1 Å². The van der Waals surface area contributed by atoms with Gasteiger partial charge in [0.1, 0.15) is 13.3 Å². The zero-order valence-electron chi connectivity index (χ0n) is 19.0. The normalized spacial score (nSPS) is 10.8. The van der Waals surface area contributed by atoms with Crippen LogP contribution in [0.1, 0.15) is 25.8 Å². The number of hydrogen-bond donors (Lipinski definition) is 0. The highest BCUT2D eigenvalue weighted by Gasteiger charge is 2.13. The van der Waals surface area contributed by atoms with E-state index in [9.17, 15) is 0 Å². The summed E-state index contributed by atoms with van der Waals surface area (Å²) in [4.78, 5) is 8.98. The van der Waals surface area contributed by atoms with E-state index in [1.165, 1.54) is 0 Å². The van der Waals surface area contributed by atoms with Crippen molar-refractivity contribution in [2.45, 2.75) is 33.6 Å². The van der Waals surface area contributed by atoms with Gasteiger partial charge < -0.3 is 14.2 Å². The first-order valence-electron chi connectivity index (χ1n) is 11.2. The number of aromatic nitrogens is 4. The third-order valence-electron chi connectivity index (χ3n) is 4.93. The summed E-state index contributed by atoms with van der Waals surface area (Å²) < 4.78 is 18.7. The first kappa shape index (κ1) is 22.5. The summed E-state index contributed by atoms with van der Waals surface area (Å²) in [5.41, 5.74) is 4.11. The van der Waals surface area contributed by atoms with Crippen molar-refractivity contribution in [3.63, 3.8) is 0 Å². The van der Waals surface area contributed by atoms with Crippen LogP contribution in [0, 0.1) is 0 Å². The van der Waals surface area contributed by atoms with Gasteiger partial charge in [0.15, 0.2) is 5.82 Å². The topological polar surface area (TPSA) is 71.3 Å². The third-order valence-corrected chi connectivity index (χ3v) is 4.93. The average Bonchev–Trinajstić information content (AvgIpc) is 3.27. The number of benzene rings is 2. The summed E-state index contributed by atoms with van der Waals surface area (Å²) in [6.07, 6.45) is 2.77. The van der Waals surface area contributed by atoms with Crippen LogP contribution in [0.15, 0.2) is 72.9 Å². The van der Waals surface area contributed by atoms with Crippen molar-refractivity contribution in [2.75, 3.05) is 13.2 Å². The number of nitrogens with zero attached hydrogens (tertiary/aromatic N) is 4. The zero-order valence-corrected chi connectivity index (χ0v) is 19.0. The minimum Gasteiger partial charge on any atom is -0.473 e. The summed E-state index contributed by atoms with van der Waals surface area (Å²) in [6, 6.07) is 22.4. The van der Waals surface area contributed by atoms with Gasteiger partial charge >= 0.3 is 6.01 Å². The van der Waals surface area contributed by atoms with E-state index in [2.05, 4.69) is 22.0 Å². The van der Waals surface area contributed by atoms with Gasteiger partial charge in [-0.2, -0.15) is 4.98 Å². The molecule has 0 aliphatic heterocycles. The van der Waals surface area contributed by atoms with Crippen LogP contribution < -0.4 is 9.47 Å². The molecule has 4 aromatic rings. The molecule has 0 radical (unpaired) electrons. The number of ether oxygens (including phenoxy) is 3. The quantitative estimate of drug-likeness (QED) is 0.290. The Morgan fingerprint density at radius 1 is 0.818 bits per heavy atom. The van der Waals surface area contributed by atoms with Gasteiger partial charge in [0.05, 0.1) is 6.61 Å². The predicted octanol–water partition coefficient (Wildman–Crippen LogP) is 5.37. The summed E-state index contributed by atoms with van der Waals surface area (Å²) in [7, 11) is 0. The molecule has 2 aromatic heterocycles. The van der Waals surface area contributed by atoms with Crippen LogP contribution in [0.5, 0.6) is 11.9 Å². The molecule has 170 valence electrons. The Bertz CT molecular complexity index is 1130. The Balaban J connectivity index is 1.45. The average molecular weight is 445 g/mol. The highest BCUT2D eigenvalue weighted by molar-refractivity contribution is 5.67. The highest BCUT2D eigenvalue weighted by Crippen LogP contribution is 2.26.